The maximum Gasteiger partial charge on any atom is 0.229 e. The van der Waals surface area contributed by atoms with Gasteiger partial charge in [0.1, 0.15) is 11.6 Å². The Hall–Kier alpha value is -3.54. The second kappa shape index (κ2) is 6.29. The van der Waals surface area contributed by atoms with Crippen molar-refractivity contribution in [1.82, 2.24) is 24.5 Å². The van der Waals surface area contributed by atoms with Crippen LogP contribution >= 0.6 is 0 Å². The molecule has 0 saturated heterocycles. The summed E-state index contributed by atoms with van der Waals surface area (Å²) in [6, 6.07) is 15.6. The number of pyridine rings is 1. The molecule has 0 spiro atoms. The number of imidazole rings is 1. The zero-order valence-corrected chi connectivity index (χ0v) is 12.7. The van der Waals surface area contributed by atoms with Crippen LogP contribution in [0.1, 0.15) is 0 Å². The average molecular weight is 314 g/mol. The van der Waals surface area contributed by atoms with E-state index < -0.39 is 0 Å². The van der Waals surface area contributed by atoms with Crippen LogP contribution in [0.4, 0.5) is 11.6 Å². The Morgan fingerprint density at radius 2 is 1.75 bits per heavy atom. The lowest BCUT2D eigenvalue weighted by Crippen LogP contribution is -2.03. The standard InChI is InChI=1S/C18H14N6/c1-2-5-14(6-3-1)17-20-11-12-24(17)16-8-10-21-18(23-16)22-15-7-4-9-19-13-15/h1-13H,(H,21,22,23). The van der Waals surface area contributed by atoms with Gasteiger partial charge >= 0.3 is 0 Å². The normalized spacial score (nSPS) is 10.5. The van der Waals surface area contributed by atoms with E-state index in [9.17, 15) is 0 Å². The molecule has 6 nitrogen and oxygen atoms in total. The summed E-state index contributed by atoms with van der Waals surface area (Å²) in [5, 5.41) is 3.15. The smallest absolute Gasteiger partial charge is 0.229 e. The number of nitrogens with zero attached hydrogens (tertiary/aromatic N) is 5. The minimum absolute atomic E-state index is 0.508. The van der Waals surface area contributed by atoms with Gasteiger partial charge in [0.05, 0.1) is 11.9 Å². The van der Waals surface area contributed by atoms with Gasteiger partial charge in [0, 0.05) is 30.4 Å². The average Bonchev–Trinajstić information content (AvgIpc) is 3.13. The van der Waals surface area contributed by atoms with E-state index in [-0.39, 0.29) is 0 Å². The summed E-state index contributed by atoms with van der Waals surface area (Å²) in [4.78, 5) is 17.4. The molecule has 0 aliphatic rings. The lowest BCUT2D eigenvalue weighted by Gasteiger charge is -2.09. The Labute approximate surface area is 138 Å². The molecule has 0 atom stereocenters. The topological polar surface area (TPSA) is 68.5 Å². The number of aromatic nitrogens is 5. The summed E-state index contributed by atoms with van der Waals surface area (Å²) in [6.45, 7) is 0. The van der Waals surface area contributed by atoms with Crippen molar-refractivity contribution in [3.05, 3.63) is 79.5 Å². The van der Waals surface area contributed by atoms with Crippen LogP contribution in [0, 0.1) is 0 Å². The number of anilines is 2. The third-order valence-corrected chi connectivity index (χ3v) is 3.48. The molecule has 4 aromatic rings. The molecule has 0 bridgehead atoms. The molecule has 0 unspecified atom stereocenters. The van der Waals surface area contributed by atoms with Crippen LogP contribution in [0.3, 0.4) is 0 Å². The maximum absolute atomic E-state index is 4.57. The molecule has 116 valence electrons. The molecule has 24 heavy (non-hydrogen) atoms. The van der Waals surface area contributed by atoms with Crippen molar-refractivity contribution in [3.63, 3.8) is 0 Å². The summed E-state index contributed by atoms with van der Waals surface area (Å²) >= 11 is 0. The van der Waals surface area contributed by atoms with Crippen molar-refractivity contribution in [3.8, 4) is 17.2 Å². The van der Waals surface area contributed by atoms with E-state index in [1.807, 2.05) is 59.3 Å². The zero-order chi connectivity index (χ0) is 16.2. The minimum atomic E-state index is 0.508. The van der Waals surface area contributed by atoms with E-state index in [1.165, 1.54) is 0 Å². The third-order valence-electron chi connectivity index (χ3n) is 3.48. The van der Waals surface area contributed by atoms with Crippen LogP contribution in [0.5, 0.6) is 0 Å². The Morgan fingerprint density at radius 3 is 2.58 bits per heavy atom. The van der Waals surface area contributed by atoms with Crippen LogP contribution in [-0.2, 0) is 0 Å². The van der Waals surface area contributed by atoms with Gasteiger partial charge in [-0.25, -0.2) is 9.97 Å². The first kappa shape index (κ1) is 14.1. The second-order valence-electron chi connectivity index (χ2n) is 5.09. The lowest BCUT2D eigenvalue weighted by atomic mass is 10.2. The van der Waals surface area contributed by atoms with Crippen molar-refractivity contribution in [2.45, 2.75) is 0 Å². The summed E-state index contributed by atoms with van der Waals surface area (Å²) < 4.78 is 1.94. The molecule has 3 aromatic heterocycles. The van der Waals surface area contributed by atoms with Gasteiger partial charge in [0.25, 0.3) is 0 Å². The van der Waals surface area contributed by atoms with Crippen LogP contribution in [0.25, 0.3) is 17.2 Å². The molecule has 4 rings (SSSR count). The van der Waals surface area contributed by atoms with Crippen LogP contribution in [0.2, 0.25) is 0 Å². The largest absolute Gasteiger partial charge is 0.323 e. The van der Waals surface area contributed by atoms with E-state index >= 15 is 0 Å². The molecular formula is C18H14N6. The van der Waals surface area contributed by atoms with Crippen LogP contribution in [-0.4, -0.2) is 24.5 Å². The molecule has 0 fully saturated rings. The Balaban J connectivity index is 1.69. The number of benzene rings is 1. The first-order valence-electron chi connectivity index (χ1n) is 7.49. The van der Waals surface area contributed by atoms with E-state index in [4.69, 9.17) is 0 Å². The predicted octanol–water partition coefficient (Wildman–Crippen LogP) is 3.47. The zero-order valence-electron chi connectivity index (χ0n) is 12.7. The monoisotopic (exact) mass is 314 g/mol. The van der Waals surface area contributed by atoms with E-state index in [1.54, 1.807) is 24.8 Å². The molecule has 1 aromatic carbocycles. The first-order chi connectivity index (χ1) is 11.9. The summed E-state index contributed by atoms with van der Waals surface area (Å²) in [5.74, 6) is 2.09. The first-order valence-corrected chi connectivity index (χ1v) is 7.49. The quantitative estimate of drug-likeness (QED) is 0.624. The Kier molecular flexibility index (Phi) is 3.69. The number of rotatable bonds is 4. The van der Waals surface area contributed by atoms with E-state index in [0.29, 0.717) is 5.95 Å². The van der Waals surface area contributed by atoms with Crippen LogP contribution < -0.4 is 5.32 Å². The molecule has 0 saturated carbocycles. The van der Waals surface area contributed by atoms with Gasteiger partial charge in [-0.3, -0.25) is 9.55 Å². The minimum Gasteiger partial charge on any atom is -0.323 e. The summed E-state index contributed by atoms with van der Waals surface area (Å²) in [7, 11) is 0. The fourth-order valence-electron chi connectivity index (χ4n) is 2.40. The lowest BCUT2D eigenvalue weighted by molar-refractivity contribution is 0.983. The highest BCUT2D eigenvalue weighted by atomic mass is 15.2. The van der Waals surface area contributed by atoms with Gasteiger partial charge in [-0.15, -0.1) is 0 Å². The third kappa shape index (κ3) is 2.85. The highest BCUT2D eigenvalue weighted by molar-refractivity contribution is 5.58. The van der Waals surface area contributed by atoms with Crippen LogP contribution in [0.15, 0.2) is 79.5 Å². The summed E-state index contributed by atoms with van der Waals surface area (Å²) in [5.41, 5.74) is 1.87. The van der Waals surface area contributed by atoms with E-state index in [0.717, 1.165) is 22.9 Å². The molecule has 0 radical (unpaired) electrons. The highest BCUT2D eigenvalue weighted by Crippen LogP contribution is 2.21. The molecule has 0 aliphatic heterocycles. The second-order valence-corrected chi connectivity index (χ2v) is 5.09. The van der Waals surface area contributed by atoms with Gasteiger partial charge in [0.15, 0.2) is 0 Å². The Morgan fingerprint density at radius 1 is 0.833 bits per heavy atom. The maximum atomic E-state index is 4.57. The summed E-state index contributed by atoms with van der Waals surface area (Å²) in [6.07, 6.45) is 8.82. The molecule has 0 amide bonds. The molecular weight excluding hydrogens is 300 g/mol. The number of hydrogen-bond acceptors (Lipinski definition) is 5. The van der Waals surface area contributed by atoms with Crippen molar-refractivity contribution in [1.29, 1.82) is 0 Å². The SMILES string of the molecule is c1ccc(-c2nccn2-c2ccnc(Nc3cccnc3)n2)cc1. The van der Waals surface area contributed by atoms with E-state index in [2.05, 4.69) is 25.3 Å². The number of hydrogen-bond donors (Lipinski definition) is 1. The highest BCUT2D eigenvalue weighted by Gasteiger charge is 2.09. The van der Waals surface area contributed by atoms with Crippen molar-refractivity contribution < 1.29 is 0 Å². The van der Waals surface area contributed by atoms with Gasteiger partial charge in [-0.1, -0.05) is 30.3 Å². The van der Waals surface area contributed by atoms with Gasteiger partial charge in [0.2, 0.25) is 5.95 Å². The molecule has 3 heterocycles. The van der Waals surface area contributed by atoms with Gasteiger partial charge < -0.3 is 5.32 Å². The van der Waals surface area contributed by atoms with Crippen molar-refractivity contribution in [2.24, 2.45) is 0 Å². The molecule has 0 aliphatic carbocycles. The van der Waals surface area contributed by atoms with Gasteiger partial charge in [-0.2, -0.15) is 4.98 Å². The molecule has 6 heteroatoms. The van der Waals surface area contributed by atoms with Crippen molar-refractivity contribution >= 4 is 11.6 Å². The fourth-order valence-corrected chi connectivity index (χ4v) is 2.40. The Bertz CT molecular complexity index is 934. The fraction of sp³-hybridized carbons (Fsp3) is 0. The number of nitrogens with one attached hydrogen (secondary N) is 1. The van der Waals surface area contributed by atoms with Gasteiger partial charge in [-0.05, 0) is 18.2 Å². The van der Waals surface area contributed by atoms with Crippen molar-refractivity contribution in [2.75, 3.05) is 5.32 Å². The predicted molar refractivity (Wildman–Crippen MR) is 92.1 cm³/mol. The molecule has 1 N–H and O–H groups in total.